The minimum atomic E-state index is -0.234. The van der Waals surface area contributed by atoms with Crippen LogP contribution in [0, 0.1) is 0 Å². The molecule has 0 atom stereocenters. The SMILES string of the molecule is CC1=CC(C)=C(OC(=O)N(C(C)C)C(C)C)CC1. The molecule has 0 spiro atoms. The van der Waals surface area contributed by atoms with Crippen LogP contribution in [0.15, 0.2) is 23.0 Å². The van der Waals surface area contributed by atoms with E-state index in [1.54, 1.807) is 4.90 Å². The van der Waals surface area contributed by atoms with E-state index in [-0.39, 0.29) is 18.2 Å². The topological polar surface area (TPSA) is 29.5 Å². The van der Waals surface area contributed by atoms with Crippen molar-refractivity contribution >= 4 is 6.09 Å². The van der Waals surface area contributed by atoms with Crippen molar-refractivity contribution in [2.24, 2.45) is 0 Å². The van der Waals surface area contributed by atoms with Crippen LogP contribution >= 0.6 is 0 Å². The predicted octanol–water partition coefficient (Wildman–Crippen LogP) is 4.26. The highest BCUT2D eigenvalue weighted by molar-refractivity contribution is 5.69. The van der Waals surface area contributed by atoms with Crippen LogP contribution in [0.2, 0.25) is 0 Å². The molecule has 0 saturated heterocycles. The van der Waals surface area contributed by atoms with Gasteiger partial charge in [0.1, 0.15) is 5.76 Å². The van der Waals surface area contributed by atoms with Gasteiger partial charge in [-0.3, -0.25) is 0 Å². The average molecular weight is 251 g/mol. The van der Waals surface area contributed by atoms with Gasteiger partial charge in [-0.05, 0) is 53.5 Å². The summed E-state index contributed by atoms with van der Waals surface area (Å²) in [5.74, 6) is 0.817. The lowest BCUT2D eigenvalue weighted by molar-refractivity contribution is 0.0984. The Kier molecular flexibility index (Phi) is 5.00. The number of amides is 1. The van der Waals surface area contributed by atoms with Gasteiger partial charge in [0.05, 0.1) is 0 Å². The molecule has 0 aromatic rings. The third kappa shape index (κ3) is 3.62. The molecule has 1 amide bonds. The molecule has 3 nitrogen and oxygen atoms in total. The maximum Gasteiger partial charge on any atom is 0.415 e. The van der Waals surface area contributed by atoms with E-state index >= 15 is 0 Å². The largest absolute Gasteiger partial charge is 0.415 e. The van der Waals surface area contributed by atoms with Crippen LogP contribution in [-0.2, 0) is 4.74 Å². The molecule has 18 heavy (non-hydrogen) atoms. The van der Waals surface area contributed by atoms with E-state index < -0.39 is 0 Å². The van der Waals surface area contributed by atoms with E-state index in [9.17, 15) is 4.79 Å². The van der Waals surface area contributed by atoms with Crippen LogP contribution in [0.1, 0.15) is 54.4 Å². The maximum absolute atomic E-state index is 12.2. The Balaban J connectivity index is 2.78. The summed E-state index contributed by atoms with van der Waals surface area (Å²) in [6.45, 7) is 12.1. The molecule has 1 aliphatic carbocycles. The molecular formula is C15H25NO2. The van der Waals surface area contributed by atoms with Gasteiger partial charge in [-0.25, -0.2) is 4.79 Å². The first-order valence-electron chi connectivity index (χ1n) is 6.70. The summed E-state index contributed by atoms with van der Waals surface area (Å²) < 4.78 is 5.56. The fraction of sp³-hybridized carbons (Fsp3) is 0.667. The number of rotatable bonds is 3. The Morgan fingerprint density at radius 3 is 2.17 bits per heavy atom. The molecule has 0 N–H and O–H groups in total. The van der Waals surface area contributed by atoms with Crippen LogP contribution in [0.4, 0.5) is 4.79 Å². The van der Waals surface area contributed by atoms with Gasteiger partial charge in [0, 0.05) is 18.5 Å². The number of carbonyl (C=O) groups excluding carboxylic acids is 1. The van der Waals surface area contributed by atoms with Crippen molar-refractivity contribution < 1.29 is 9.53 Å². The molecule has 0 radical (unpaired) electrons. The van der Waals surface area contributed by atoms with E-state index in [0.29, 0.717) is 0 Å². The second kappa shape index (κ2) is 6.07. The van der Waals surface area contributed by atoms with Crippen molar-refractivity contribution in [1.82, 2.24) is 4.90 Å². The quantitative estimate of drug-likeness (QED) is 0.750. The first-order chi connectivity index (χ1) is 8.32. The van der Waals surface area contributed by atoms with Crippen molar-refractivity contribution in [3.05, 3.63) is 23.0 Å². The zero-order valence-electron chi connectivity index (χ0n) is 12.4. The molecule has 102 valence electrons. The Labute approximate surface area is 110 Å². The summed E-state index contributed by atoms with van der Waals surface area (Å²) in [5, 5.41) is 0. The summed E-state index contributed by atoms with van der Waals surface area (Å²) in [5.41, 5.74) is 2.41. The highest BCUT2D eigenvalue weighted by Crippen LogP contribution is 2.25. The molecule has 0 bridgehead atoms. The normalized spacial score (nSPS) is 16.1. The van der Waals surface area contributed by atoms with Gasteiger partial charge in [0.2, 0.25) is 0 Å². The zero-order chi connectivity index (χ0) is 13.9. The molecule has 0 aliphatic heterocycles. The molecular weight excluding hydrogens is 226 g/mol. The minimum Gasteiger partial charge on any atom is -0.414 e. The van der Waals surface area contributed by atoms with Crippen molar-refractivity contribution in [3.8, 4) is 0 Å². The molecule has 3 heteroatoms. The second-order valence-electron chi connectivity index (χ2n) is 5.56. The second-order valence-corrected chi connectivity index (χ2v) is 5.56. The van der Waals surface area contributed by atoms with Gasteiger partial charge in [0.15, 0.2) is 0 Å². The van der Waals surface area contributed by atoms with Crippen LogP contribution < -0.4 is 0 Å². The van der Waals surface area contributed by atoms with Crippen LogP contribution in [0.5, 0.6) is 0 Å². The van der Waals surface area contributed by atoms with Crippen LogP contribution in [-0.4, -0.2) is 23.1 Å². The van der Waals surface area contributed by atoms with Crippen molar-refractivity contribution in [1.29, 1.82) is 0 Å². The van der Waals surface area contributed by atoms with Gasteiger partial charge in [0.25, 0.3) is 0 Å². The molecule has 0 fully saturated rings. The molecule has 0 saturated carbocycles. The number of ether oxygens (including phenoxy) is 1. The first-order valence-corrected chi connectivity index (χ1v) is 6.70. The predicted molar refractivity (Wildman–Crippen MR) is 74.3 cm³/mol. The minimum absolute atomic E-state index is 0.152. The average Bonchev–Trinajstić information content (AvgIpc) is 2.21. The third-order valence-corrected chi connectivity index (χ3v) is 3.18. The van der Waals surface area contributed by atoms with Crippen molar-refractivity contribution in [3.63, 3.8) is 0 Å². The van der Waals surface area contributed by atoms with E-state index in [2.05, 4.69) is 13.0 Å². The number of hydrogen-bond donors (Lipinski definition) is 0. The van der Waals surface area contributed by atoms with E-state index in [0.717, 1.165) is 24.2 Å². The third-order valence-electron chi connectivity index (χ3n) is 3.18. The Hall–Kier alpha value is -1.25. The van der Waals surface area contributed by atoms with Crippen molar-refractivity contribution in [2.45, 2.75) is 66.5 Å². The highest BCUT2D eigenvalue weighted by Gasteiger charge is 2.23. The van der Waals surface area contributed by atoms with E-state index in [4.69, 9.17) is 4.74 Å². The first kappa shape index (κ1) is 14.8. The number of carbonyl (C=O) groups is 1. The summed E-state index contributed by atoms with van der Waals surface area (Å²) in [4.78, 5) is 13.9. The Bertz CT molecular complexity index is 370. The summed E-state index contributed by atoms with van der Waals surface area (Å²) in [7, 11) is 0. The smallest absolute Gasteiger partial charge is 0.414 e. The number of allylic oxidation sites excluding steroid dienone is 4. The molecule has 0 aromatic carbocycles. The van der Waals surface area contributed by atoms with Gasteiger partial charge >= 0.3 is 6.09 Å². The number of nitrogens with zero attached hydrogens (tertiary/aromatic N) is 1. The molecule has 1 rings (SSSR count). The lowest BCUT2D eigenvalue weighted by Crippen LogP contribution is -2.42. The summed E-state index contributed by atoms with van der Waals surface area (Å²) in [6, 6.07) is 0.304. The van der Waals surface area contributed by atoms with E-state index in [1.807, 2.05) is 34.6 Å². The molecule has 0 heterocycles. The highest BCUT2D eigenvalue weighted by atomic mass is 16.6. The lowest BCUT2D eigenvalue weighted by Gasteiger charge is -2.30. The van der Waals surface area contributed by atoms with Crippen LogP contribution in [0.25, 0.3) is 0 Å². The summed E-state index contributed by atoms with van der Waals surface area (Å²) in [6.07, 6.45) is 3.66. The number of hydrogen-bond acceptors (Lipinski definition) is 2. The maximum atomic E-state index is 12.2. The molecule has 1 aliphatic rings. The van der Waals surface area contributed by atoms with Crippen LogP contribution in [0.3, 0.4) is 0 Å². The standard InChI is InChI=1S/C15H25NO2/c1-10(2)16(11(3)4)15(17)18-14-8-7-12(5)9-13(14)6/h9-11H,7-8H2,1-6H3. The molecule has 0 unspecified atom stereocenters. The fourth-order valence-electron chi connectivity index (χ4n) is 2.34. The van der Waals surface area contributed by atoms with E-state index in [1.165, 1.54) is 5.57 Å². The fourth-order valence-corrected chi connectivity index (χ4v) is 2.34. The van der Waals surface area contributed by atoms with Gasteiger partial charge in [-0.2, -0.15) is 0 Å². The van der Waals surface area contributed by atoms with Gasteiger partial charge in [-0.15, -0.1) is 0 Å². The lowest BCUT2D eigenvalue weighted by atomic mass is 10.00. The zero-order valence-corrected chi connectivity index (χ0v) is 12.4. The Morgan fingerprint density at radius 1 is 1.17 bits per heavy atom. The Morgan fingerprint density at radius 2 is 1.72 bits per heavy atom. The monoisotopic (exact) mass is 251 g/mol. The van der Waals surface area contributed by atoms with Crippen molar-refractivity contribution in [2.75, 3.05) is 0 Å². The van der Waals surface area contributed by atoms with Gasteiger partial charge in [-0.1, -0.05) is 11.6 Å². The van der Waals surface area contributed by atoms with Gasteiger partial charge < -0.3 is 9.64 Å². The molecule has 0 aromatic heterocycles. The summed E-state index contributed by atoms with van der Waals surface area (Å²) >= 11 is 0.